The molecule has 0 fully saturated rings. The van der Waals surface area contributed by atoms with E-state index in [1.165, 1.54) is 19.2 Å². The molecule has 0 atom stereocenters. The minimum atomic E-state index is -0.685. The summed E-state index contributed by atoms with van der Waals surface area (Å²) in [5, 5.41) is 9.02. The average molecular weight is 396 g/mol. The van der Waals surface area contributed by atoms with E-state index >= 15 is 0 Å². The van der Waals surface area contributed by atoms with E-state index in [4.69, 9.17) is 25.6 Å². The maximum atomic E-state index is 12.0. The predicted molar refractivity (Wildman–Crippen MR) is 96.7 cm³/mol. The fourth-order valence-corrected chi connectivity index (χ4v) is 2.20. The van der Waals surface area contributed by atoms with Gasteiger partial charge in [0.2, 0.25) is 5.91 Å². The second-order valence-electron chi connectivity index (χ2n) is 5.42. The maximum Gasteiger partial charge on any atom is 0.306 e. The van der Waals surface area contributed by atoms with Crippen molar-refractivity contribution in [3.8, 4) is 5.75 Å². The molecule has 0 aliphatic rings. The molecule has 0 aliphatic heterocycles. The molecule has 2 N–H and O–H groups in total. The largest absolute Gasteiger partial charge is 0.495 e. The molecule has 1 aromatic carbocycles. The first-order valence-corrected chi connectivity index (χ1v) is 8.27. The number of hydrogen-bond donors (Lipinski definition) is 2. The number of amides is 2. The van der Waals surface area contributed by atoms with Crippen molar-refractivity contribution >= 4 is 40.9 Å². The van der Waals surface area contributed by atoms with Crippen LogP contribution in [0.4, 0.5) is 11.5 Å². The minimum absolute atomic E-state index is 0.126. The van der Waals surface area contributed by atoms with Gasteiger partial charge in [0.1, 0.15) is 11.5 Å². The standard InChI is InChI=1S/C17H18ClN3O6/c1-10-7-14(21-27-10)20-16(23)9-26-17(24)6-5-15(22)19-12-8-11(18)3-4-13(12)25-2/h3-4,7-8H,5-6,9H2,1-2H3,(H,19,22)(H,20,21,23). The van der Waals surface area contributed by atoms with Crippen LogP contribution in [0.15, 0.2) is 28.8 Å². The molecule has 144 valence electrons. The van der Waals surface area contributed by atoms with Crippen molar-refractivity contribution in [2.24, 2.45) is 0 Å². The monoisotopic (exact) mass is 395 g/mol. The summed E-state index contributed by atoms with van der Waals surface area (Å²) in [6.07, 6.45) is -0.316. The number of carbonyl (C=O) groups is 3. The van der Waals surface area contributed by atoms with Crippen molar-refractivity contribution in [3.63, 3.8) is 0 Å². The molecule has 0 saturated carbocycles. The molecule has 2 amide bonds. The van der Waals surface area contributed by atoms with Crippen molar-refractivity contribution < 1.29 is 28.4 Å². The first-order chi connectivity index (χ1) is 12.9. The molecule has 0 spiro atoms. The number of esters is 1. The van der Waals surface area contributed by atoms with E-state index in [2.05, 4.69) is 15.8 Å². The van der Waals surface area contributed by atoms with E-state index in [-0.39, 0.29) is 18.7 Å². The fourth-order valence-electron chi connectivity index (χ4n) is 2.03. The fraction of sp³-hybridized carbons (Fsp3) is 0.294. The third kappa shape index (κ3) is 6.63. The van der Waals surface area contributed by atoms with Crippen molar-refractivity contribution in [1.29, 1.82) is 0 Å². The van der Waals surface area contributed by atoms with Gasteiger partial charge in [0, 0.05) is 17.5 Å². The third-order valence-electron chi connectivity index (χ3n) is 3.25. The number of halogens is 1. The lowest BCUT2D eigenvalue weighted by Gasteiger charge is -2.10. The number of anilines is 2. The van der Waals surface area contributed by atoms with Gasteiger partial charge in [-0.1, -0.05) is 16.8 Å². The lowest BCUT2D eigenvalue weighted by molar-refractivity contribution is -0.147. The van der Waals surface area contributed by atoms with Crippen LogP contribution in [0.2, 0.25) is 5.02 Å². The van der Waals surface area contributed by atoms with Crippen LogP contribution < -0.4 is 15.4 Å². The van der Waals surface area contributed by atoms with E-state index in [1.54, 1.807) is 19.1 Å². The molecular formula is C17H18ClN3O6. The number of nitrogens with zero attached hydrogens (tertiary/aromatic N) is 1. The summed E-state index contributed by atoms with van der Waals surface area (Å²) in [5.74, 6) is -0.474. The Balaban J connectivity index is 1.72. The van der Waals surface area contributed by atoms with Gasteiger partial charge in [0.05, 0.1) is 19.2 Å². The van der Waals surface area contributed by atoms with Crippen LogP contribution in [0.25, 0.3) is 0 Å². The van der Waals surface area contributed by atoms with E-state index in [9.17, 15) is 14.4 Å². The highest BCUT2D eigenvalue weighted by atomic mass is 35.5. The molecule has 2 aromatic rings. The molecular weight excluding hydrogens is 378 g/mol. The van der Waals surface area contributed by atoms with Gasteiger partial charge in [-0.2, -0.15) is 0 Å². The predicted octanol–water partition coefficient (Wildman–Crippen LogP) is 2.55. The lowest BCUT2D eigenvalue weighted by Crippen LogP contribution is -2.22. The summed E-state index contributed by atoms with van der Waals surface area (Å²) >= 11 is 5.89. The molecule has 2 rings (SSSR count). The highest BCUT2D eigenvalue weighted by Crippen LogP contribution is 2.27. The van der Waals surface area contributed by atoms with Gasteiger partial charge < -0.3 is 24.6 Å². The quantitative estimate of drug-likeness (QED) is 0.659. The Labute approximate surface area is 159 Å². The smallest absolute Gasteiger partial charge is 0.306 e. The molecule has 0 radical (unpaired) electrons. The van der Waals surface area contributed by atoms with Crippen LogP contribution in [-0.4, -0.2) is 36.7 Å². The Morgan fingerprint density at radius 2 is 1.93 bits per heavy atom. The van der Waals surface area contributed by atoms with E-state index in [0.29, 0.717) is 22.2 Å². The van der Waals surface area contributed by atoms with Crippen LogP contribution in [0.5, 0.6) is 5.75 Å². The van der Waals surface area contributed by atoms with E-state index in [1.807, 2.05) is 0 Å². The number of aromatic nitrogens is 1. The zero-order valence-corrected chi connectivity index (χ0v) is 15.5. The number of carbonyl (C=O) groups excluding carboxylic acids is 3. The molecule has 0 bridgehead atoms. The number of aryl methyl sites for hydroxylation is 1. The Morgan fingerprint density at radius 3 is 2.59 bits per heavy atom. The summed E-state index contributed by atoms with van der Waals surface area (Å²) in [5.41, 5.74) is 0.394. The summed E-state index contributed by atoms with van der Waals surface area (Å²) in [6.45, 7) is 1.18. The maximum absolute atomic E-state index is 12.0. The second-order valence-corrected chi connectivity index (χ2v) is 5.86. The van der Waals surface area contributed by atoms with Gasteiger partial charge >= 0.3 is 5.97 Å². The Bertz CT molecular complexity index is 836. The third-order valence-corrected chi connectivity index (χ3v) is 3.49. The topological polar surface area (TPSA) is 120 Å². The normalized spacial score (nSPS) is 10.2. The number of benzene rings is 1. The Morgan fingerprint density at radius 1 is 1.15 bits per heavy atom. The average Bonchev–Trinajstić information content (AvgIpc) is 3.03. The van der Waals surface area contributed by atoms with Gasteiger partial charge in [-0.05, 0) is 25.1 Å². The number of hydrogen-bond acceptors (Lipinski definition) is 7. The van der Waals surface area contributed by atoms with Crippen LogP contribution in [-0.2, 0) is 19.1 Å². The molecule has 0 aliphatic carbocycles. The summed E-state index contributed by atoms with van der Waals surface area (Å²) in [4.78, 5) is 35.3. The number of ether oxygens (including phenoxy) is 2. The first kappa shape index (κ1) is 20.2. The second kappa shape index (κ2) is 9.58. The van der Waals surface area contributed by atoms with Crippen molar-refractivity contribution in [3.05, 3.63) is 35.0 Å². The Kier molecular flexibility index (Phi) is 7.18. The zero-order chi connectivity index (χ0) is 19.8. The van der Waals surface area contributed by atoms with Gasteiger partial charge in [-0.15, -0.1) is 0 Å². The summed E-state index contributed by atoms with van der Waals surface area (Å²) in [7, 11) is 1.46. The molecule has 9 nitrogen and oxygen atoms in total. The number of methoxy groups -OCH3 is 1. The first-order valence-electron chi connectivity index (χ1n) is 7.89. The molecule has 27 heavy (non-hydrogen) atoms. The summed E-state index contributed by atoms with van der Waals surface area (Å²) in [6, 6.07) is 6.29. The minimum Gasteiger partial charge on any atom is -0.495 e. The van der Waals surface area contributed by atoms with Crippen molar-refractivity contribution in [2.45, 2.75) is 19.8 Å². The van der Waals surface area contributed by atoms with E-state index < -0.39 is 24.4 Å². The number of rotatable bonds is 8. The number of nitrogens with one attached hydrogen (secondary N) is 2. The van der Waals surface area contributed by atoms with Crippen molar-refractivity contribution in [2.75, 3.05) is 24.4 Å². The summed E-state index contributed by atoms with van der Waals surface area (Å²) < 4.78 is 14.7. The highest BCUT2D eigenvalue weighted by molar-refractivity contribution is 6.31. The van der Waals surface area contributed by atoms with Gasteiger partial charge in [-0.3, -0.25) is 14.4 Å². The highest BCUT2D eigenvalue weighted by Gasteiger charge is 2.13. The van der Waals surface area contributed by atoms with Crippen LogP contribution in [0.1, 0.15) is 18.6 Å². The molecule has 10 heteroatoms. The molecule has 0 saturated heterocycles. The lowest BCUT2D eigenvalue weighted by atomic mass is 10.2. The van der Waals surface area contributed by atoms with Gasteiger partial charge in [-0.25, -0.2) is 0 Å². The van der Waals surface area contributed by atoms with Gasteiger partial charge in [0.25, 0.3) is 5.91 Å². The van der Waals surface area contributed by atoms with Crippen LogP contribution in [0, 0.1) is 6.92 Å². The zero-order valence-electron chi connectivity index (χ0n) is 14.7. The SMILES string of the molecule is COc1ccc(Cl)cc1NC(=O)CCC(=O)OCC(=O)Nc1cc(C)on1. The van der Waals surface area contributed by atoms with Crippen molar-refractivity contribution in [1.82, 2.24) is 5.16 Å². The van der Waals surface area contributed by atoms with E-state index in [0.717, 1.165) is 0 Å². The molecule has 1 aromatic heterocycles. The van der Waals surface area contributed by atoms with Crippen LogP contribution >= 0.6 is 11.6 Å². The van der Waals surface area contributed by atoms with Crippen LogP contribution in [0.3, 0.4) is 0 Å². The molecule has 1 heterocycles. The van der Waals surface area contributed by atoms with Gasteiger partial charge in [0.15, 0.2) is 12.4 Å². The Hall–Kier alpha value is -3.07. The molecule has 0 unspecified atom stereocenters.